The van der Waals surface area contributed by atoms with E-state index in [1.807, 2.05) is 6.92 Å². The van der Waals surface area contributed by atoms with E-state index in [1.165, 1.54) is 20.8 Å². The van der Waals surface area contributed by atoms with Gasteiger partial charge in [0.25, 0.3) is 0 Å². The molecule has 0 amide bonds. The highest BCUT2D eigenvalue weighted by atomic mass is 35.5. The number of aromatic nitrogens is 1. The zero-order valence-electron chi connectivity index (χ0n) is 11.7. The Labute approximate surface area is 117 Å². The van der Waals surface area contributed by atoms with Gasteiger partial charge in [-0.2, -0.15) is 0 Å². The number of ketones is 3. The second-order valence-corrected chi connectivity index (χ2v) is 4.45. The van der Waals surface area contributed by atoms with Crippen molar-refractivity contribution >= 4 is 29.0 Å². The summed E-state index contributed by atoms with van der Waals surface area (Å²) < 4.78 is 5.16. The van der Waals surface area contributed by atoms with Crippen molar-refractivity contribution in [3.63, 3.8) is 0 Å². The van der Waals surface area contributed by atoms with Crippen LogP contribution in [-0.2, 0) is 16.0 Å². The quantitative estimate of drug-likeness (QED) is 0.483. The van der Waals surface area contributed by atoms with E-state index >= 15 is 0 Å². The van der Waals surface area contributed by atoms with E-state index in [2.05, 4.69) is 4.98 Å². The number of alkyl halides is 1. The number of Topliss-reactive ketones (excluding diaryl/α,β-unsaturated/α-hetero) is 3. The molecule has 0 bridgehead atoms. The van der Waals surface area contributed by atoms with Crippen LogP contribution in [0.25, 0.3) is 0 Å². The van der Waals surface area contributed by atoms with Crippen molar-refractivity contribution in [1.82, 2.24) is 4.98 Å². The first-order valence-corrected chi connectivity index (χ1v) is 6.26. The molecular weight excluding hydrogens is 270 g/mol. The van der Waals surface area contributed by atoms with Gasteiger partial charge in [0, 0.05) is 13.3 Å². The van der Waals surface area contributed by atoms with Gasteiger partial charge in [0.1, 0.15) is 5.38 Å². The van der Waals surface area contributed by atoms with Gasteiger partial charge in [-0.25, -0.2) is 4.98 Å². The van der Waals surface area contributed by atoms with Crippen molar-refractivity contribution < 1.29 is 18.8 Å². The maximum Gasteiger partial charge on any atom is 0.196 e. The van der Waals surface area contributed by atoms with Gasteiger partial charge in [-0.1, -0.05) is 6.92 Å². The van der Waals surface area contributed by atoms with Crippen LogP contribution in [0, 0.1) is 6.92 Å². The van der Waals surface area contributed by atoms with Gasteiger partial charge >= 0.3 is 0 Å². The molecule has 0 aromatic carbocycles. The third-order valence-electron chi connectivity index (χ3n) is 2.18. The van der Waals surface area contributed by atoms with Crippen LogP contribution in [0.3, 0.4) is 0 Å². The molecule has 0 aliphatic heterocycles. The second-order valence-electron chi connectivity index (χ2n) is 4.02. The third-order valence-corrected chi connectivity index (χ3v) is 2.79. The second kappa shape index (κ2) is 7.84. The highest BCUT2D eigenvalue weighted by Gasteiger charge is 2.14. The molecule has 0 saturated heterocycles. The molecule has 0 radical (unpaired) electrons. The molecule has 5 nitrogen and oxygen atoms in total. The monoisotopic (exact) mass is 287 g/mol. The number of hydrogen-bond donors (Lipinski definition) is 0. The van der Waals surface area contributed by atoms with Gasteiger partial charge in [0.05, 0.1) is 5.69 Å². The molecule has 0 saturated carbocycles. The summed E-state index contributed by atoms with van der Waals surface area (Å²) in [5.41, 5.74) is 0.689. The van der Waals surface area contributed by atoms with Gasteiger partial charge in [-0.15, -0.1) is 11.6 Å². The minimum absolute atomic E-state index is 0.0605. The standard InChI is InChI=1S/C8H11NO2.C5H7ClO2/c1-4-7-9-5(2)8(11-7)6(3)10;1-3(7)5(6)4(2)8/h4H2,1-3H3;5H,1-2H3. The predicted molar refractivity (Wildman–Crippen MR) is 71.6 cm³/mol. The Kier molecular flexibility index (Phi) is 7.22. The molecule has 0 N–H and O–H groups in total. The first-order chi connectivity index (χ1) is 8.70. The summed E-state index contributed by atoms with van der Waals surface area (Å²) in [7, 11) is 0. The van der Waals surface area contributed by atoms with E-state index in [4.69, 9.17) is 16.0 Å². The fourth-order valence-corrected chi connectivity index (χ4v) is 1.22. The van der Waals surface area contributed by atoms with Crippen LogP contribution < -0.4 is 0 Å². The summed E-state index contributed by atoms with van der Waals surface area (Å²) in [4.78, 5) is 35.4. The van der Waals surface area contributed by atoms with Crippen LogP contribution >= 0.6 is 11.6 Å². The third kappa shape index (κ3) is 5.79. The van der Waals surface area contributed by atoms with Crippen molar-refractivity contribution in [2.24, 2.45) is 0 Å². The van der Waals surface area contributed by atoms with Gasteiger partial charge in [0.15, 0.2) is 29.0 Å². The Balaban J connectivity index is 0.000000362. The fraction of sp³-hybridized carbons (Fsp3) is 0.538. The fourth-order valence-electron chi connectivity index (χ4n) is 1.22. The van der Waals surface area contributed by atoms with Gasteiger partial charge in [-0.3, -0.25) is 14.4 Å². The molecule has 0 aliphatic rings. The molecule has 0 spiro atoms. The maximum absolute atomic E-state index is 10.9. The number of aryl methyl sites for hydroxylation is 2. The number of carbonyl (C=O) groups is 3. The summed E-state index contributed by atoms with van der Waals surface area (Å²) in [6.45, 7) is 7.78. The molecule has 19 heavy (non-hydrogen) atoms. The highest BCUT2D eigenvalue weighted by Crippen LogP contribution is 2.10. The normalized spacial score (nSPS) is 9.84. The lowest BCUT2D eigenvalue weighted by Gasteiger charge is -1.95. The topological polar surface area (TPSA) is 77.2 Å². The molecule has 0 fully saturated rings. The minimum Gasteiger partial charge on any atom is -0.437 e. The van der Waals surface area contributed by atoms with E-state index < -0.39 is 5.38 Å². The Morgan fingerprint density at radius 2 is 1.68 bits per heavy atom. The Morgan fingerprint density at radius 3 is 1.84 bits per heavy atom. The summed E-state index contributed by atoms with van der Waals surface area (Å²) >= 11 is 5.25. The van der Waals surface area contributed by atoms with Crippen molar-refractivity contribution in [3.8, 4) is 0 Å². The molecule has 1 rings (SSSR count). The lowest BCUT2D eigenvalue weighted by Crippen LogP contribution is -2.18. The van der Waals surface area contributed by atoms with E-state index in [9.17, 15) is 14.4 Å². The van der Waals surface area contributed by atoms with E-state index in [-0.39, 0.29) is 17.3 Å². The summed E-state index contributed by atoms with van der Waals surface area (Å²) in [6, 6.07) is 0. The lowest BCUT2D eigenvalue weighted by molar-refractivity contribution is -0.124. The number of oxazole rings is 1. The van der Waals surface area contributed by atoms with Crippen molar-refractivity contribution in [2.45, 2.75) is 46.4 Å². The van der Waals surface area contributed by atoms with Crippen LogP contribution in [0.4, 0.5) is 0 Å². The Bertz CT molecular complexity index is 465. The molecule has 0 unspecified atom stereocenters. The number of rotatable bonds is 4. The van der Waals surface area contributed by atoms with Gasteiger partial charge in [-0.05, 0) is 20.8 Å². The first-order valence-electron chi connectivity index (χ1n) is 5.82. The molecule has 6 heteroatoms. The van der Waals surface area contributed by atoms with E-state index in [0.717, 1.165) is 6.42 Å². The SMILES string of the molecule is CC(=O)C(Cl)C(C)=O.CCc1nc(C)c(C(C)=O)o1. The molecule has 1 aromatic rings. The summed E-state index contributed by atoms with van der Waals surface area (Å²) in [5, 5.41) is -0.935. The zero-order chi connectivity index (χ0) is 15.2. The van der Waals surface area contributed by atoms with Gasteiger partial charge in [0.2, 0.25) is 0 Å². The van der Waals surface area contributed by atoms with Crippen LogP contribution in [-0.4, -0.2) is 27.7 Å². The van der Waals surface area contributed by atoms with Crippen LogP contribution in [0.2, 0.25) is 0 Å². The number of carbonyl (C=O) groups excluding carboxylic acids is 3. The lowest BCUT2D eigenvalue weighted by atomic mass is 10.2. The maximum atomic E-state index is 10.9. The van der Waals surface area contributed by atoms with Crippen LogP contribution in [0.15, 0.2) is 4.42 Å². The van der Waals surface area contributed by atoms with E-state index in [1.54, 1.807) is 6.92 Å². The van der Waals surface area contributed by atoms with Crippen molar-refractivity contribution in [2.75, 3.05) is 0 Å². The molecule has 1 heterocycles. The number of nitrogens with zero attached hydrogens (tertiary/aromatic N) is 1. The summed E-state index contributed by atoms with van der Waals surface area (Å²) in [6.07, 6.45) is 0.730. The van der Waals surface area contributed by atoms with Gasteiger partial charge < -0.3 is 4.42 Å². The molecule has 1 aromatic heterocycles. The molecule has 0 atom stereocenters. The largest absolute Gasteiger partial charge is 0.437 e. The summed E-state index contributed by atoms with van der Waals surface area (Å²) in [5.74, 6) is 0.377. The highest BCUT2D eigenvalue weighted by molar-refractivity contribution is 6.41. The minimum atomic E-state index is -0.935. The Morgan fingerprint density at radius 1 is 1.21 bits per heavy atom. The van der Waals surface area contributed by atoms with Crippen LogP contribution in [0.5, 0.6) is 0 Å². The molecule has 0 aliphatic carbocycles. The molecular formula is C13H18ClNO4. The Hall–Kier alpha value is -1.49. The van der Waals surface area contributed by atoms with Crippen LogP contribution in [0.1, 0.15) is 49.8 Å². The average Bonchev–Trinajstić information content (AvgIpc) is 2.70. The van der Waals surface area contributed by atoms with E-state index in [0.29, 0.717) is 17.3 Å². The zero-order valence-corrected chi connectivity index (χ0v) is 12.5. The smallest absolute Gasteiger partial charge is 0.196 e. The first kappa shape index (κ1) is 17.5. The average molecular weight is 288 g/mol. The number of hydrogen-bond acceptors (Lipinski definition) is 5. The predicted octanol–water partition coefficient (Wildman–Crippen LogP) is 2.52. The number of halogens is 1. The van der Waals surface area contributed by atoms with Crippen molar-refractivity contribution in [3.05, 3.63) is 17.3 Å². The van der Waals surface area contributed by atoms with Crippen molar-refractivity contribution in [1.29, 1.82) is 0 Å². The molecule has 106 valence electrons.